The third-order valence-corrected chi connectivity index (χ3v) is 3.47. The van der Waals surface area contributed by atoms with Gasteiger partial charge >= 0.3 is 0 Å². The zero-order valence-electron chi connectivity index (χ0n) is 7.65. The smallest absolute Gasteiger partial charge is 0.123 e. The summed E-state index contributed by atoms with van der Waals surface area (Å²) in [6.45, 7) is 0. The van der Waals surface area contributed by atoms with E-state index in [9.17, 15) is 9.50 Å². The highest BCUT2D eigenvalue weighted by Gasteiger charge is 2.15. The van der Waals surface area contributed by atoms with E-state index in [1.165, 1.54) is 23.5 Å². The lowest BCUT2D eigenvalue weighted by Crippen LogP contribution is -1.97. The molecule has 0 bridgehead atoms. The summed E-state index contributed by atoms with van der Waals surface area (Å²) in [5.74, 6) is -0.362. The molecule has 1 nitrogen and oxygen atoms in total. The van der Waals surface area contributed by atoms with Gasteiger partial charge in [0.2, 0.25) is 0 Å². The van der Waals surface area contributed by atoms with Crippen molar-refractivity contribution < 1.29 is 9.50 Å². The van der Waals surface area contributed by atoms with Gasteiger partial charge in [0.25, 0.3) is 0 Å². The number of halogens is 2. The van der Waals surface area contributed by atoms with Crippen molar-refractivity contribution in [3.05, 3.63) is 57.0 Å². The van der Waals surface area contributed by atoms with Crippen LogP contribution < -0.4 is 0 Å². The van der Waals surface area contributed by atoms with Gasteiger partial charge in [0.1, 0.15) is 11.9 Å². The Balaban J connectivity index is 2.36. The maximum absolute atomic E-state index is 12.9. The molecule has 0 aliphatic carbocycles. The molecule has 0 amide bonds. The van der Waals surface area contributed by atoms with E-state index in [0.717, 1.165) is 0 Å². The van der Waals surface area contributed by atoms with E-state index in [0.29, 0.717) is 15.5 Å². The molecular weight excluding hydrogens is 235 g/mol. The molecule has 1 heterocycles. The fourth-order valence-electron chi connectivity index (χ4n) is 1.33. The van der Waals surface area contributed by atoms with Crippen LogP contribution in [-0.4, -0.2) is 5.11 Å². The highest BCUT2D eigenvalue weighted by Crippen LogP contribution is 2.32. The van der Waals surface area contributed by atoms with E-state index in [-0.39, 0.29) is 5.82 Å². The van der Waals surface area contributed by atoms with Crippen molar-refractivity contribution in [1.82, 2.24) is 0 Å². The minimum absolute atomic E-state index is 0.362. The van der Waals surface area contributed by atoms with Gasteiger partial charge in [-0.05, 0) is 29.1 Å². The van der Waals surface area contributed by atoms with Crippen molar-refractivity contribution in [3.63, 3.8) is 0 Å². The average Bonchev–Trinajstić information content (AvgIpc) is 2.63. The van der Waals surface area contributed by atoms with Gasteiger partial charge in [-0.3, -0.25) is 0 Å². The Morgan fingerprint density at radius 1 is 1.33 bits per heavy atom. The van der Waals surface area contributed by atoms with E-state index in [4.69, 9.17) is 11.6 Å². The molecule has 0 saturated carbocycles. The van der Waals surface area contributed by atoms with E-state index >= 15 is 0 Å². The largest absolute Gasteiger partial charge is 0.383 e. The first kappa shape index (κ1) is 10.6. The van der Waals surface area contributed by atoms with E-state index in [1.54, 1.807) is 23.6 Å². The number of aliphatic hydroxyl groups is 1. The fraction of sp³-hybridized carbons (Fsp3) is 0.0909. The summed E-state index contributed by atoms with van der Waals surface area (Å²) >= 11 is 7.23. The number of benzene rings is 1. The Kier molecular flexibility index (Phi) is 3.05. The first-order chi connectivity index (χ1) is 7.18. The number of aliphatic hydroxyl groups excluding tert-OH is 1. The van der Waals surface area contributed by atoms with Gasteiger partial charge in [0.05, 0.1) is 9.90 Å². The van der Waals surface area contributed by atoms with E-state index in [2.05, 4.69) is 0 Å². The molecule has 2 rings (SSSR count). The molecule has 0 aliphatic heterocycles. The van der Waals surface area contributed by atoms with Crippen molar-refractivity contribution in [2.75, 3.05) is 0 Å². The van der Waals surface area contributed by atoms with Crippen LogP contribution in [0.5, 0.6) is 0 Å². The summed E-state index contributed by atoms with van der Waals surface area (Å²) < 4.78 is 12.9. The molecule has 1 N–H and O–H groups in total. The summed E-state index contributed by atoms with van der Waals surface area (Å²) in [4.78, 5) is 0.641. The standard InChI is InChI=1S/C11H8ClFOS/c12-9-4-5-15-11(9)10(14)7-2-1-3-8(13)6-7/h1-6,10,14H. The Labute approximate surface area is 95.8 Å². The molecule has 0 aliphatic rings. The predicted octanol–water partition coefficient (Wildman–Crippen LogP) is 3.62. The maximum atomic E-state index is 12.9. The zero-order valence-corrected chi connectivity index (χ0v) is 9.23. The van der Waals surface area contributed by atoms with Crippen molar-refractivity contribution in [3.8, 4) is 0 Å². The van der Waals surface area contributed by atoms with Gasteiger partial charge in [0, 0.05) is 0 Å². The van der Waals surface area contributed by atoms with Crippen LogP contribution in [0.4, 0.5) is 4.39 Å². The number of rotatable bonds is 2. The molecule has 15 heavy (non-hydrogen) atoms. The van der Waals surface area contributed by atoms with Crippen LogP contribution in [-0.2, 0) is 0 Å². The summed E-state index contributed by atoms with van der Waals surface area (Å²) in [6.07, 6.45) is -0.854. The van der Waals surface area contributed by atoms with Gasteiger partial charge in [-0.1, -0.05) is 23.7 Å². The molecule has 78 valence electrons. The molecule has 1 aromatic carbocycles. The van der Waals surface area contributed by atoms with Crippen LogP contribution in [0.2, 0.25) is 5.02 Å². The van der Waals surface area contributed by atoms with Gasteiger partial charge < -0.3 is 5.11 Å². The summed E-state index contributed by atoms with van der Waals surface area (Å²) in [5, 5.41) is 12.2. The first-order valence-corrected chi connectivity index (χ1v) is 5.60. The van der Waals surface area contributed by atoms with Crippen LogP contribution in [0.15, 0.2) is 35.7 Å². The van der Waals surface area contributed by atoms with Gasteiger partial charge in [-0.2, -0.15) is 0 Å². The monoisotopic (exact) mass is 242 g/mol. The number of hydrogen-bond acceptors (Lipinski definition) is 2. The van der Waals surface area contributed by atoms with Crippen LogP contribution in [0.3, 0.4) is 0 Å². The molecule has 1 aromatic heterocycles. The molecular formula is C11H8ClFOS. The second kappa shape index (κ2) is 4.31. The van der Waals surface area contributed by atoms with Crippen molar-refractivity contribution in [1.29, 1.82) is 0 Å². The molecule has 4 heteroatoms. The highest BCUT2D eigenvalue weighted by atomic mass is 35.5. The van der Waals surface area contributed by atoms with Gasteiger partial charge in [-0.15, -0.1) is 11.3 Å². The lowest BCUT2D eigenvalue weighted by molar-refractivity contribution is 0.224. The second-order valence-electron chi connectivity index (χ2n) is 3.09. The predicted molar refractivity (Wildman–Crippen MR) is 59.8 cm³/mol. The molecule has 0 spiro atoms. The number of thiophene rings is 1. The molecule has 2 aromatic rings. The summed E-state index contributed by atoms with van der Waals surface area (Å²) in [6, 6.07) is 7.59. The SMILES string of the molecule is OC(c1cccc(F)c1)c1sccc1Cl. The topological polar surface area (TPSA) is 20.2 Å². The van der Waals surface area contributed by atoms with Crippen LogP contribution in [0.25, 0.3) is 0 Å². The van der Waals surface area contributed by atoms with Crippen LogP contribution in [0.1, 0.15) is 16.5 Å². The average molecular weight is 243 g/mol. The van der Waals surface area contributed by atoms with Crippen LogP contribution >= 0.6 is 22.9 Å². The lowest BCUT2D eigenvalue weighted by Gasteiger charge is -2.09. The molecule has 1 atom stereocenters. The lowest BCUT2D eigenvalue weighted by atomic mass is 10.1. The molecule has 0 saturated heterocycles. The third-order valence-electron chi connectivity index (χ3n) is 2.06. The fourth-order valence-corrected chi connectivity index (χ4v) is 2.50. The Bertz CT molecular complexity index is 469. The Morgan fingerprint density at radius 3 is 2.73 bits per heavy atom. The minimum Gasteiger partial charge on any atom is -0.383 e. The highest BCUT2D eigenvalue weighted by molar-refractivity contribution is 7.10. The third kappa shape index (κ3) is 2.20. The molecule has 0 radical (unpaired) electrons. The minimum atomic E-state index is -0.854. The van der Waals surface area contributed by atoms with Gasteiger partial charge in [-0.25, -0.2) is 4.39 Å². The summed E-state index contributed by atoms with van der Waals surface area (Å²) in [5.41, 5.74) is 0.513. The summed E-state index contributed by atoms with van der Waals surface area (Å²) in [7, 11) is 0. The van der Waals surface area contributed by atoms with Crippen LogP contribution in [0, 0.1) is 5.82 Å². The first-order valence-electron chi connectivity index (χ1n) is 4.35. The molecule has 1 unspecified atom stereocenters. The van der Waals surface area contributed by atoms with Crippen molar-refractivity contribution >= 4 is 22.9 Å². The van der Waals surface area contributed by atoms with Gasteiger partial charge in [0.15, 0.2) is 0 Å². The van der Waals surface area contributed by atoms with Crippen molar-refractivity contribution in [2.45, 2.75) is 6.10 Å². The van der Waals surface area contributed by atoms with E-state index in [1.807, 2.05) is 0 Å². The normalized spacial score (nSPS) is 12.7. The number of hydrogen-bond donors (Lipinski definition) is 1. The van der Waals surface area contributed by atoms with E-state index < -0.39 is 6.10 Å². The Morgan fingerprint density at radius 2 is 2.13 bits per heavy atom. The zero-order chi connectivity index (χ0) is 10.8. The molecule has 0 fully saturated rings. The quantitative estimate of drug-likeness (QED) is 0.853. The Hall–Kier alpha value is -0.900. The maximum Gasteiger partial charge on any atom is 0.123 e. The van der Waals surface area contributed by atoms with Crippen molar-refractivity contribution in [2.24, 2.45) is 0 Å². The second-order valence-corrected chi connectivity index (χ2v) is 4.45.